The lowest BCUT2D eigenvalue weighted by atomic mass is 9.69. The molecule has 0 amide bonds. The Hall–Kier alpha value is -1.69. The number of fused-ring (bicyclic) bond motifs is 1. The van der Waals surface area contributed by atoms with Crippen molar-refractivity contribution in [1.82, 2.24) is 9.97 Å². The monoisotopic (exact) mass is 430 g/mol. The first-order valence-electron chi connectivity index (χ1n) is 8.38. The van der Waals surface area contributed by atoms with Crippen LogP contribution in [0.4, 0.5) is 0 Å². The summed E-state index contributed by atoms with van der Waals surface area (Å²) in [6.07, 6.45) is 4.33. The van der Waals surface area contributed by atoms with Crippen LogP contribution in [0.15, 0.2) is 59.4 Å². The lowest BCUT2D eigenvalue weighted by Gasteiger charge is -2.38. The highest BCUT2D eigenvalue weighted by atomic mass is 127. The molecule has 0 atom stereocenters. The summed E-state index contributed by atoms with van der Waals surface area (Å²) in [6, 6.07) is 18.0. The van der Waals surface area contributed by atoms with Gasteiger partial charge in [0.05, 0.1) is 16.6 Å². The predicted molar refractivity (Wildman–Crippen MR) is 106 cm³/mol. The molecule has 3 nitrogen and oxygen atoms in total. The van der Waals surface area contributed by atoms with Gasteiger partial charge in [-0.15, -0.1) is 0 Å². The lowest BCUT2D eigenvalue weighted by Crippen LogP contribution is -2.36. The van der Waals surface area contributed by atoms with E-state index in [0.29, 0.717) is 3.92 Å². The molecule has 1 aliphatic rings. The van der Waals surface area contributed by atoms with E-state index in [4.69, 9.17) is 4.98 Å². The summed E-state index contributed by atoms with van der Waals surface area (Å²) >= 11 is 2.54. The number of para-hydroxylation sites is 1. The van der Waals surface area contributed by atoms with E-state index in [1.54, 1.807) is 6.07 Å². The SMILES string of the molecule is O=c1cccc(C2(c3ccc4ccccc4n3)CCC(I)CC2)[nH]1. The summed E-state index contributed by atoms with van der Waals surface area (Å²) in [6.45, 7) is 0. The molecule has 1 N–H and O–H groups in total. The van der Waals surface area contributed by atoms with E-state index in [0.717, 1.165) is 48.0 Å². The van der Waals surface area contributed by atoms with Gasteiger partial charge in [-0.25, -0.2) is 0 Å². The molecule has 1 fully saturated rings. The number of aromatic nitrogens is 2. The largest absolute Gasteiger partial charge is 0.325 e. The highest BCUT2D eigenvalue weighted by Crippen LogP contribution is 2.45. The Morgan fingerprint density at radius 3 is 2.58 bits per heavy atom. The molecule has 122 valence electrons. The molecule has 0 aliphatic heterocycles. The Morgan fingerprint density at radius 1 is 1.00 bits per heavy atom. The first-order chi connectivity index (χ1) is 11.7. The Bertz CT molecular complexity index is 926. The van der Waals surface area contributed by atoms with E-state index < -0.39 is 0 Å². The van der Waals surface area contributed by atoms with Gasteiger partial charge in [-0.2, -0.15) is 0 Å². The van der Waals surface area contributed by atoms with Gasteiger partial charge >= 0.3 is 0 Å². The average molecular weight is 430 g/mol. The zero-order valence-electron chi connectivity index (χ0n) is 13.3. The zero-order valence-corrected chi connectivity index (χ0v) is 15.5. The minimum absolute atomic E-state index is 0.0377. The van der Waals surface area contributed by atoms with Gasteiger partial charge in [0.1, 0.15) is 0 Å². The molecule has 0 spiro atoms. The average Bonchev–Trinajstić information content (AvgIpc) is 2.62. The van der Waals surface area contributed by atoms with Gasteiger partial charge < -0.3 is 4.98 Å². The van der Waals surface area contributed by atoms with E-state index >= 15 is 0 Å². The van der Waals surface area contributed by atoms with Gasteiger partial charge in [-0.05, 0) is 43.9 Å². The van der Waals surface area contributed by atoms with Crippen molar-refractivity contribution in [3.8, 4) is 0 Å². The standard InChI is InChI=1S/C20H19IN2O/c21-15-10-12-20(13-11-15,17-6-3-7-19(24)23-17)18-9-8-14-4-1-2-5-16(14)22-18/h1-9,15H,10-13H2,(H,23,24). The Kier molecular flexibility index (Phi) is 4.16. The first kappa shape index (κ1) is 15.8. The fraction of sp³-hybridized carbons (Fsp3) is 0.300. The van der Waals surface area contributed by atoms with Gasteiger partial charge in [-0.3, -0.25) is 9.78 Å². The normalized spacial score (nSPS) is 24.1. The van der Waals surface area contributed by atoms with Gasteiger partial charge in [-0.1, -0.05) is 52.9 Å². The van der Waals surface area contributed by atoms with Crippen molar-refractivity contribution in [1.29, 1.82) is 0 Å². The van der Waals surface area contributed by atoms with E-state index in [1.807, 2.05) is 24.3 Å². The molecule has 4 heteroatoms. The van der Waals surface area contributed by atoms with Gasteiger partial charge in [0.2, 0.25) is 5.56 Å². The number of aromatic amines is 1. The minimum Gasteiger partial charge on any atom is -0.325 e. The number of rotatable bonds is 2. The lowest BCUT2D eigenvalue weighted by molar-refractivity contribution is 0.343. The molecule has 3 aromatic rings. The number of nitrogens with one attached hydrogen (secondary N) is 1. The van der Waals surface area contributed by atoms with Gasteiger partial charge in [0.25, 0.3) is 0 Å². The topological polar surface area (TPSA) is 45.8 Å². The van der Waals surface area contributed by atoms with Crippen LogP contribution < -0.4 is 5.56 Å². The molecule has 2 heterocycles. The summed E-state index contributed by atoms with van der Waals surface area (Å²) in [4.78, 5) is 20.0. The second kappa shape index (κ2) is 6.31. The third-order valence-corrected chi connectivity index (χ3v) is 6.39. The highest BCUT2D eigenvalue weighted by molar-refractivity contribution is 14.1. The third-order valence-electron chi connectivity index (χ3n) is 5.14. The number of H-pyrrole nitrogens is 1. The third kappa shape index (κ3) is 2.77. The number of halogens is 1. The van der Waals surface area contributed by atoms with Crippen molar-refractivity contribution in [3.63, 3.8) is 0 Å². The Balaban J connectivity index is 1.89. The van der Waals surface area contributed by atoms with Crippen LogP contribution in [-0.2, 0) is 5.41 Å². The summed E-state index contributed by atoms with van der Waals surface area (Å²) in [5.74, 6) is 0. The molecule has 1 aromatic carbocycles. The fourth-order valence-electron chi connectivity index (χ4n) is 3.80. The second-order valence-electron chi connectivity index (χ2n) is 6.57. The van der Waals surface area contributed by atoms with Crippen molar-refractivity contribution >= 4 is 33.5 Å². The quantitative estimate of drug-likeness (QED) is 0.478. The van der Waals surface area contributed by atoms with Gasteiger partial charge in [0.15, 0.2) is 0 Å². The van der Waals surface area contributed by atoms with Crippen LogP contribution in [0.1, 0.15) is 37.1 Å². The molecule has 0 bridgehead atoms. The van der Waals surface area contributed by atoms with Crippen LogP contribution >= 0.6 is 22.6 Å². The summed E-state index contributed by atoms with van der Waals surface area (Å²) in [5, 5.41) is 1.15. The maximum atomic E-state index is 11.9. The molecule has 1 saturated carbocycles. The summed E-state index contributed by atoms with van der Waals surface area (Å²) < 4.78 is 0.701. The van der Waals surface area contributed by atoms with Crippen molar-refractivity contribution in [2.75, 3.05) is 0 Å². The molecule has 0 unspecified atom stereocenters. The molecule has 1 aliphatic carbocycles. The number of alkyl halides is 1. The van der Waals surface area contributed by atoms with Gasteiger partial charge in [0, 0.05) is 21.1 Å². The van der Waals surface area contributed by atoms with Crippen molar-refractivity contribution in [2.45, 2.75) is 35.0 Å². The summed E-state index contributed by atoms with van der Waals surface area (Å²) in [7, 11) is 0. The fourth-order valence-corrected chi connectivity index (χ4v) is 4.42. The first-order valence-corrected chi connectivity index (χ1v) is 9.62. The molecular formula is C20H19IN2O. The number of pyridine rings is 2. The molecule has 0 radical (unpaired) electrons. The number of hydrogen-bond acceptors (Lipinski definition) is 2. The zero-order chi connectivity index (χ0) is 16.6. The maximum absolute atomic E-state index is 11.9. The smallest absolute Gasteiger partial charge is 0.248 e. The molecular weight excluding hydrogens is 411 g/mol. The molecule has 4 rings (SSSR count). The molecule has 0 saturated heterocycles. The van der Waals surface area contributed by atoms with E-state index in [2.05, 4.69) is 51.8 Å². The van der Waals surface area contributed by atoms with Crippen molar-refractivity contribution in [3.05, 3.63) is 76.3 Å². The van der Waals surface area contributed by atoms with Crippen LogP contribution in [0.5, 0.6) is 0 Å². The minimum atomic E-state index is -0.188. The molecule has 24 heavy (non-hydrogen) atoms. The van der Waals surface area contributed by atoms with Crippen molar-refractivity contribution < 1.29 is 0 Å². The van der Waals surface area contributed by atoms with E-state index in [-0.39, 0.29) is 11.0 Å². The predicted octanol–water partition coefficient (Wildman–Crippen LogP) is 4.59. The Labute approximate surface area is 154 Å². The van der Waals surface area contributed by atoms with Crippen LogP contribution in [0.2, 0.25) is 0 Å². The van der Waals surface area contributed by atoms with Crippen LogP contribution in [0, 0.1) is 0 Å². The summed E-state index contributed by atoms with van der Waals surface area (Å²) in [5.41, 5.74) is 2.87. The maximum Gasteiger partial charge on any atom is 0.248 e. The van der Waals surface area contributed by atoms with Crippen LogP contribution in [-0.4, -0.2) is 13.9 Å². The van der Waals surface area contributed by atoms with E-state index in [1.165, 1.54) is 0 Å². The highest BCUT2D eigenvalue weighted by Gasteiger charge is 2.40. The number of nitrogens with zero attached hydrogens (tertiary/aromatic N) is 1. The second-order valence-corrected chi connectivity index (χ2v) is 8.34. The number of benzene rings is 1. The number of hydrogen-bond donors (Lipinski definition) is 1. The molecule has 2 aromatic heterocycles. The van der Waals surface area contributed by atoms with Crippen LogP contribution in [0.25, 0.3) is 10.9 Å². The van der Waals surface area contributed by atoms with E-state index in [9.17, 15) is 4.79 Å². The Morgan fingerprint density at radius 2 is 1.79 bits per heavy atom. The van der Waals surface area contributed by atoms with Crippen molar-refractivity contribution in [2.24, 2.45) is 0 Å². The van der Waals surface area contributed by atoms with Crippen LogP contribution in [0.3, 0.4) is 0 Å².